The van der Waals surface area contributed by atoms with Crippen LogP contribution >= 0.6 is 0 Å². The Labute approximate surface area is 95.2 Å². The van der Waals surface area contributed by atoms with Gasteiger partial charge in [0, 0.05) is 7.05 Å². The second-order valence-corrected chi connectivity index (χ2v) is 3.93. The van der Waals surface area contributed by atoms with E-state index in [9.17, 15) is 4.79 Å². The number of nitrogens with one attached hydrogen (secondary N) is 1. The van der Waals surface area contributed by atoms with Crippen LogP contribution in [0.1, 0.15) is 31.4 Å². The van der Waals surface area contributed by atoms with Gasteiger partial charge in [0.25, 0.3) is 0 Å². The molecule has 6 nitrogen and oxygen atoms in total. The number of aromatic amines is 1. The number of H-pyrrole nitrogens is 1. The van der Waals surface area contributed by atoms with Crippen LogP contribution in [0.15, 0.2) is 0 Å². The largest absolute Gasteiger partial charge is 0.337 e. The number of likely N-dealkylation sites (N-methyl/N-ethyl adjacent to an activating group) is 1. The standard InChI is InChI=1S/C10H19N5O/c1-4-5-8(11)10(16)15(3)6-9-12-7(2)13-14-9/h8H,4-6,11H2,1-3H3,(H,12,13,14)/t8-/m0/s1. The number of hydrogen-bond acceptors (Lipinski definition) is 4. The molecule has 0 aliphatic carbocycles. The number of amides is 1. The van der Waals surface area contributed by atoms with Crippen molar-refractivity contribution in [3.8, 4) is 0 Å². The maximum absolute atomic E-state index is 11.8. The molecule has 0 bridgehead atoms. The van der Waals surface area contributed by atoms with Gasteiger partial charge in [-0.2, -0.15) is 5.10 Å². The van der Waals surface area contributed by atoms with Crippen LogP contribution in [0.5, 0.6) is 0 Å². The first kappa shape index (κ1) is 12.6. The van der Waals surface area contributed by atoms with Gasteiger partial charge in [0.2, 0.25) is 5.91 Å². The number of carbonyl (C=O) groups is 1. The van der Waals surface area contributed by atoms with Crippen molar-refractivity contribution in [2.75, 3.05) is 7.05 Å². The Balaban J connectivity index is 2.51. The van der Waals surface area contributed by atoms with E-state index < -0.39 is 6.04 Å². The summed E-state index contributed by atoms with van der Waals surface area (Å²) in [6, 6.07) is -0.421. The van der Waals surface area contributed by atoms with Gasteiger partial charge < -0.3 is 10.6 Å². The van der Waals surface area contributed by atoms with E-state index in [1.807, 2.05) is 13.8 Å². The maximum Gasteiger partial charge on any atom is 0.239 e. The zero-order valence-electron chi connectivity index (χ0n) is 10.0. The van der Waals surface area contributed by atoms with E-state index in [1.165, 1.54) is 0 Å². The molecule has 16 heavy (non-hydrogen) atoms. The maximum atomic E-state index is 11.8. The Morgan fingerprint density at radius 1 is 1.62 bits per heavy atom. The first-order valence-corrected chi connectivity index (χ1v) is 5.43. The molecule has 0 fully saturated rings. The number of rotatable bonds is 5. The van der Waals surface area contributed by atoms with Crippen molar-refractivity contribution in [2.45, 2.75) is 39.3 Å². The normalized spacial score (nSPS) is 12.5. The van der Waals surface area contributed by atoms with Gasteiger partial charge in [0.15, 0.2) is 5.82 Å². The summed E-state index contributed by atoms with van der Waals surface area (Å²) in [6.45, 7) is 4.22. The first-order valence-electron chi connectivity index (χ1n) is 5.43. The fourth-order valence-corrected chi connectivity index (χ4v) is 1.47. The van der Waals surface area contributed by atoms with Crippen LogP contribution in [0.25, 0.3) is 0 Å². The summed E-state index contributed by atoms with van der Waals surface area (Å²) in [4.78, 5) is 17.5. The SMILES string of the molecule is CCC[C@H](N)C(=O)N(C)Cc1n[nH]c(C)n1. The second kappa shape index (κ2) is 5.60. The van der Waals surface area contributed by atoms with Gasteiger partial charge in [-0.15, -0.1) is 0 Å². The Bertz CT molecular complexity index is 349. The molecule has 0 saturated carbocycles. The van der Waals surface area contributed by atoms with Gasteiger partial charge in [0.1, 0.15) is 5.82 Å². The average molecular weight is 225 g/mol. The number of nitrogens with two attached hydrogens (primary N) is 1. The summed E-state index contributed by atoms with van der Waals surface area (Å²) < 4.78 is 0. The van der Waals surface area contributed by atoms with E-state index in [0.717, 1.165) is 12.2 Å². The van der Waals surface area contributed by atoms with Crippen molar-refractivity contribution < 1.29 is 4.79 Å². The minimum atomic E-state index is -0.421. The van der Waals surface area contributed by atoms with Crippen molar-refractivity contribution in [1.82, 2.24) is 20.1 Å². The van der Waals surface area contributed by atoms with E-state index in [4.69, 9.17) is 5.73 Å². The molecule has 0 spiro atoms. The summed E-state index contributed by atoms with van der Waals surface area (Å²) >= 11 is 0. The Hall–Kier alpha value is -1.43. The van der Waals surface area contributed by atoms with Crippen LogP contribution in [0.4, 0.5) is 0 Å². The summed E-state index contributed by atoms with van der Waals surface area (Å²) in [5.74, 6) is 1.29. The van der Waals surface area contributed by atoms with E-state index in [0.29, 0.717) is 18.8 Å². The van der Waals surface area contributed by atoms with Gasteiger partial charge in [-0.3, -0.25) is 9.89 Å². The highest BCUT2D eigenvalue weighted by Crippen LogP contribution is 2.02. The molecule has 3 N–H and O–H groups in total. The molecule has 0 aliphatic rings. The Morgan fingerprint density at radius 3 is 2.81 bits per heavy atom. The molecule has 1 rings (SSSR count). The summed E-state index contributed by atoms with van der Waals surface area (Å²) in [5.41, 5.74) is 5.75. The number of nitrogens with zero attached hydrogens (tertiary/aromatic N) is 3. The lowest BCUT2D eigenvalue weighted by molar-refractivity contribution is -0.132. The first-order chi connectivity index (χ1) is 7.54. The monoisotopic (exact) mass is 225 g/mol. The minimum absolute atomic E-state index is 0.0655. The van der Waals surface area contributed by atoms with Crippen LogP contribution in [-0.4, -0.2) is 39.1 Å². The molecule has 1 aromatic heterocycles. The zero-order chi connectivity index (χ0) is 12.1. The molecule has 0 aliphatic heterocycles. The van der Waals surface area contributed by atoms with Crippen molar-refractivity contribution in [3.63, 3.8) is 0 Å². The molecule has 0 aromatic carbocycles. The predicted molar refractivity (Wildman–Crippen MR) is 60.5 cm³/mol. The Kier molecular flexibility index (Phi) is 4.42. The van der Waals surface area contributed by atoms with Crippen molar-refractivity contribution >= 4 is 5.91 Å². The number of carbonyl (C=O) groups excluding carboxylic acids is 1. The highest BCUT2D eigenvalue weighted by Gasteiger charge is 2.18. The van der Waals surface area contributed by atoms with Gasteiger partial charge in [0.05, 0.1) is 12.6 Å². The molecular weight excluding hydrogens is 206 g/mol. The molecule has 1 atom stereocenters. The highest BCUT2D eigenvalue weighted by molar-refractivity contribution is 5.81. The molecule has 1 amide bonds. The topological polar surface area (TPSA) is 87.9 Å². The third-order valence-electron chi connectivity index (χ3n) is 2.32. The Morgan fingerprint density at radius 2 is 2.31 bits per heavy atom. The van der Waals surface area contributed by atoms with Gasteiger partial charge in [-0.1, -0.05) is 13.3 Å². The zero-order valence-corrected chi connectivity index (χ0v) is 10.0. The van der Waals surface area contributed by atoms with E-state index in [-0.39, 0.29) is 5.91 Å². The lowest BCUT2D eigenvalue weighted by Gasteiger charge is -2.19. The third kappa shape index (κ3) is 3.30. The molecule has 0 unspecified atom stereocenters. The lowest BCUT2D eigenvalue weighted by Crippen LogP contribution is -2.41. The van der Waals surface area contributed by atoms with Crippen LogP contribution in [0.2, 0.25) is 0 Å². The third-order valence-corrected chi connectivity index (χ3v) is 2.32. The number of aryl methyl sites for hydroxylation is 1. The van der Waals surface area contributed by atoms with Crippen LogP contribution in [-0.2, 0) is 11.3 Å². The molecule has 90 valence electrons. The number of hydrogen-bond donors (Lipinski definition) is 2. The fourth-order valence-electron chi connectivity index (χ4n) is 1.47. The van der Waals surface area contributed by atoms with Gasteiger partial charge in [-0.25, -0.2) is 4.98 Å². The lowest BCUT2D eigenvalue weighted by atomic mass is 10.1. The summed E-state index contributed by atoms with van der Waals surface area (Å²) in [5, 5.41) is 6.71. The molecule has 1 heterocycles. The van der Waals surface area contributed by atoms with E-state index in [2.05, 4.69) is 15.2 Å². The second-order valence-electron chi connectivity index (χ2n) is 3.93. The summed E-state index contributed by atoms with van der Waals surface area (Å²) in [6.07, 6.45) is 1.61. The van der Waals surface area contributed by atoms with Crippen LogP contribution < -0.4 is 5.73 Å². The molecule has 1 aromatic rings. The van der Waals surface area contributed by atoms with Crippen LogP contribution in [0, 0.1) is 6.92 Å². The molecule has 0 radical (unpaired) electrons. The molecule has 0 saturated heterocycles. The van der Waals surface area contributed by atoms with Crippen molar-refractivity contribution in [3.05, 3.63) is 11.6 Å². The van der Waals surface area contributed by atoms with Crippen LogP contribution in [0.3, 0.4) is 0 Å². The van der Waals surface area contributed by atoms with E-state index >= 15 is 0 Å². The molecule has 6 heteroatoms. The van der Waals surface area contributed by atoms with Crippen molar-refractivity contribution in [1.29, 1.82) is 0 Å². The van der Waals surface area contributed by atoms with Gasteiger partial charge >= 0.3 is 0 Å². The number of aromatic nitrogens is 3. The average Bonchev–Trinajstić information content (AvgIpc) is 2.63. The predicted octanol–water partition coefficient (Wildman–Crippen LogP) is 0.199. The molecular formula is C10H19N5O. The van der Waals surface area contributed by atoms with Gasteiger partial charge in [-0.05, 0) is 13.3 Å². The fraction of sp³-hybridized carbons (Fsp3) is 0.700. The quantitative estimate of drug-likeness (QED) is 0.749. The highest BCUT2D eigenvalue weighted by atomic mass is 16.2. The van der Waals surface area contributed by atoms with E-state index in [1.54, 1.807) is 11.9 Å². The smallest absolute Gasteiger partial charge is 0.239 e. The summed E-state index contributed by atoms with van der Waals surface area (Å²) in [7, 11) is 1.71. The van der Waals surface area contributed by atoms with Crippen molar-refractivity contribution in [2.24, 2.45) is 5.73 Å². The minimum Gasteiger partial charge on any atom is -0.337 e.